The molecule has 0 spiro atoms. The molecule has 0 saturated carbocycles. The predicted molar refractivity (Wildman–Crippen MR) is 99.5 cm³/mol. The molecule has 0 aliphatic carbocycles. The lowest BCUT2D eigenvalue weighted by Crippen LogP contribution is -2.27. The van der Waals surface area contributed by atoms with Gasteiger partial charge in [-0.3, -0.25) is 14.6 Å². The van der Waals surface area contributed by atoms with E-state index in [-0.39, 0.29) is 24.4 Å². The first-order valence-corrected chi connectivity index (χ1v) is 8.62. The van der Waals surface area contributed by atoms with Gasteiger partial charge in [-0.15, -0.1) is 0 Å². The average Bonchev–Trinajstić information content (AvgIpc) is 2.68. The minimum absolute atomic E-state index is 0.0854. The van der Waals surface area contributed by atoms with Crippen molar-refractivity contribution in [2.45, 2.75) is 19.5 Å². The standard InChI is InChI=1S/C20H19F4N3O2/c1-12(13(2)18(28)27-17-5-3-16(21)4-6-17)7-8-26-19(29)14-9-15(11-25-10-14)20(22,23)24/h3-6,9-11,13H,1,7-8H2,2H3,(H,26,29)(H,27,28)/t13-/m0/s1. The molecule has 0 fully saturated rings. The number of aromatic nitrogens is 1. The monoisotopic (exact) mass is 409 g/mol. The largest absolute Gasteiger partial charge is 0.417 e. The molecule has 2 amide bonds. The van der Waals surface area contributed by atoms with Crippen LogP contribution in [0, 0.1) is 11.7 Å². The van der Waals surface area contributed by atoms with E-state index in [1.165, 1.54) is 24.3 Å². The lowest BCUT2D eigenvalue weighted by molar-refractivity contribution is -0.137. The number of rotatable bonds is 7. The van der Waals surface area contributed by atoms with Gasteiger partial charge in [0, 0.05) is 24.6 Å². The number of nitrogens with zero attached hydrogens (tertiary/aromatic N) is 1. The van der Waals surface area contributed by atoms with Gasteiger partial charge in [0.1, 0.15) is 5.82 Å². The number of halogens is 4. The highest BCUT2D eigenvalue weighted by Crippen LogP contribution is 2.28. The van der Waals surface area contributed by atoms with Gasteiger partial charge in [-0.1, -0.05) is 12.2 Å². The van der Waals surface area contributed by atoms with Gasteiger partial charge >= 0.3 is 6.18 Å². The Morgan fingerprint density at radius 3 is 2.45 bits per heavy atom. The van der Waals surface area contributed by atoms with Crippen LogP contribution in [-0.4, -0.2) is 23.3 Å². The Morgan fingerprint density at radius 1 is 1.17 bits per heavy atom. The number of amides is 2. The first kappa shape index (κ1) is 22.1. The Hall–Kier alpha value is -3.23. The fourth-order valence-corrected chi connectivity index (χ4v) is 2.34. The summed E-state index contributed by atoms with van der Waals surface area (Å²) in [6.45, 7) is 5.52. The number of carbonyl (C=O) groups excluding carboxylic acids is 2. The highest BCUT2D eigenvalue weighted by Gasteiger charge is 2.31. The number of nitrogens with one attached hydrogen (secondary N) is 2. The normalized spacial score (nSPS) is 12.2. The van der Waals surface area contributed by atoms with E-state index in [1.807, 2.05) is 0 Å². The molecule has 2 aromatic rings. The van der Waals surface area contributed by atoms with Crippen LogP contribution >= 0.6 is 0 Å². The Labute approximate surface area is 164 Å². The highest BCUT2D eigenvalue weighted by atomic mass is 19.4. The molecule has 2 N–H and O–H groups in total. The maximum absolute atomic E-state index is 12.9. The van der Waals surface area contributed by atoms with E-state index in [2.05, 4.69) is 22.2 Å². The second-order valence-corrected chi connectivity index (χ2v) is 6.34. The molecule has 0 aliphatic rings. The molecule has 0 aliphatic heterocycles. The number of anilines is 1. The second-order valence-electron chi connectivity index (χ2n) is 6.34. The molecule has 0 unspecified atom stereocenters. The summed E-state index contributed by atoms with van der Waals surface area (Å²) in [7, 11) is 0. The minimum Gasteiger partial charge on any atom is -0.352 e. The van der Waals surface area contributed by atoms with E-state index in [0.717, 1.165) is 12.3 Å². The maximum Gasteiger partial charge on any atom is 0.417 e. The number of pyridine rings is 1. The molecule has 154 valence electrons. The van der Waals surface area contributed by atoms with Crippen molar-refractivity contribution in [1.82, 2.24) is 10.3 Å². The van der Waals surface area contributed by atoms with Crippen molar-refractivity contribution in [3.8, 4) is 0 Å². The smallest absolute Gasteiger partial charge is 0.352 e. The molecule has 1 aromatic heterocycles. The molecular weight excluding hydrogens is 390 g/mol. The van der Waals surface area contributed by atoms with Gasteiger partial charge in [0.05, 0.1) is 17.0 Å². The van der Waals surface area contributed by atoms with Crippen molar-refractivity contribution in [2.75, 3.05) is 11.9 Å². The summed E-state index contributed by atoms with van der Waals surface area (Å²) in [5.74, 6) is -2.07. The zero-order chi connectivity index (χ0) is 21.6. The van der Waals surface area contributed by atoms with Crippen LogP contribution in [0.3, 0.4) is 0 Å². The summed E-state index contributed by atoms with van der Waals surface area (Å²) in [4.78, 5) is 27.7. The molecule has 5 nitrogen and oxygen atoms in total. The van der Waals surface area contributed by atoms with Crippen LogP contribution < -0.4 is 10.6 Å². The van der Waals surface area contributed by atoms with Crippen molar-refractivity contribution in [1.29, 1.82) is 0 Å². The minimum atomic E-state index is -4.59. The van der Waals surface area contributed by atoms with Crippen molar-refractivity contribution in [3.05, 3.63) is 71.8 Å². The third-order valence-electron chi connectivity index (χ3n) is 4.18. The molecular formula is C20H19F4N3O2. The third kappa shape index (κ3) is 6.41. The number of alkyl halides is 3. The van der Waals surface area contributed by atoms with Crippen molar-refractivity contribution < 1.29 is 27.2 Å². The lowest BCUT2D eigenvalue weighted by Gasteiger charge is -2.15. The first-order valence-electron chi connectivity index (χ1n) is 8.62. The Morgan fingerprint density at radius 2 is 1.83 bits per heavy atom. The van der Waals surface area contributed by atoms with E-state index < -0.39 is 29.4 Å². The highest BCUT2D eigenvalue weighted by molar-refractivity contribution is 5.94. The number of benzene rings is 1. The zero-order valence-corrected chi connectivity index (χ0v) is 15.5. The fourth-order valence-electron chi connectivity index (χ4n) is 2.34. The van der Waals surface area contributed by atoms with E-state index in [0.29, 0.717) is 17.5 Å². The summed E-state index contributed by atoms with van der Waals surface area (Å²) >= 11 is 0. The van der Waals surface area contributed by atoms with Crippen LogP contribution in [0.4, 0.5) is 23.2 Å². The van der Waals surface area contributed by atoms with Crippen LogP contribution in [0.25, 0.3) is 0 Å². The van der Waals surface area contributed by atoms with Gasteiger partial charge in [-0.05, 0) is 43.7 Å². The molecule has 0 saturated heterocycles. The molecule has 1 aromatic carbocycles. The molecule has 9 heteroatoms. The van der Waals surface area contributed by atoms with Crippen LogP contribution in [0.2, 0.25) is 0 Å². The van der Waals surface area contributed by atoms with Gasteiger partial charge in [-0.25, -0.2) is 4.39 Å². The van der Waals surface area contributed by atoms with Gasteiger partial charge in [0.25, 0.3) is 5.91 Å². The summed E-state index contributed by atoms with van der Waals surface area (Å²) in [6, 6.07) is 5.99. The van der Waals surface area contributed by atoms with Crippen LogP contribution in [0.1, 0.15) is 29.3 Å². The summed E-state index contributed by atoms with van der Waals surface area (Å²) < 4.78 is 51.0. The lowest BCUT2D eigenvalue weighted by atomic mass is 9.98. The van der Waals surface area contributed by atoms with E-state index in [9.17, 15) is 27.2 Å². The van der Waals surface area contributed by atoms with Crippen molar-refractivity contribution >= 4 is 17.5 Å². The SMILES string of the molecule is C=C(CCNC(=O)c1cncc(C(F)(F)F)c1)[C@H](C)C(=O)Nc1ccc(F)cc1. The number of hydrogen-bond donors (Lipinski definition) is 2. The quantitative estimate of drug-likeness (QED) is 0.532. The number of hydrogen-bond acceptors (Lipinski definition) is 3. The average molecular weight is 409 g/mol. The van der Waals surface area contributed by atoms with Crippen molar-refractivity contribution in [2.24, 2.45) is 5.92 Å². The summed E-state index contributed by atoms with van der Waals surface area (Å²) in [5.41, 5.74) is -0.276. The topological polar surface area (TPSA) is 71.1 Å². The van der Waals surface area contributed by atoms with Crippen LogP contribution in [0.15, 0.2) is 54.9 Å². The van der Waals surface area contributed by atoms with Gasteiger partial charge in [-0.2, -0.15) is 13.2 Å². The Bertz CT molecular complexity index is 895. The predicted octanol–water partition coefficient (Wildman–Crippen LogP) is 4.19. The van der Waals surface area contributed by atoms with E-state index >= 15 is 0 Å². The van der Waals surface area contributed by atoms with Crippen LogP contribution in [-0.2, 0) is 11.0 Å². The van der Waals surface area contributed by atoms with Gasteiger partial charge in [0.15, 0.2) is 0 Å². The van der Waals surface area contributed by atoms with Gasteiger partial charge in [0.2, 0.25) is 5.91 Å². The summed E-state index contributed by atoms with van der Waals surface area (Å²) in [6.07, 6.45) is -2.67. The van der Waals surface area contributed by atoms with Gasteiger partial charge < -0.3 is 10.6 Å². The zero-order valence-electron chi connectivity index (χ0n) is 15.5. The van der Waals surface area contributed by atoms with Crippen molar-refractivity contribution in [3.63, 3.8) is 0 Å². The first-order chi connectivity index (χ1) is 13.6. The number of carbonyl (C=O) groups is 2. The van der Waals surface area contributed by atoms with E-state index in [1.54, 1.807) is 6.92 Å². The van der Waals surface area contributed by atoms with Crippen LogP contribution in [0.5, 0.6) is 0 Å². The molecule has 29 heavy (non-hydrogen) atoms. The Balaban J connectivity index is 1.84. The third-order valence-corrected chi connectivity index (χ3v) is 4.18. The molecule has 0 radical (unpaired) electrons. The second kappa shape index (κ2) is 9.31. The Kier molecular flexibility index (Phi) is 7.08. The maximum atomic E-state index is 12.9. The summed E-state index contributed by atoms with van der Waals surface area (Å²) in [5, 5.41) is 5.10. The fraction of sp³-hybridized carbons (Fsp3) is 0.250. The molecule has 2 rings (SSSR count). The van der Waals surface area contributed by atoms with E-state index in [4.69, 9.17) is 0 Å². The molecule has 1 heterocycles. The molecule has 0 bridgehead atoms. The molecule has 1 atom stereocenters.